The van der Waals surface area contributed by atoms with Crippen LogP contribution in [-0.4, -0.2) is 31.7 Å². The van der Waals surface area contributed by atoms with Crippen molar-refractivity contribution in [2.24, 2.45) is 5.92 Å². The van der Waals surface area contributed by atoms with Crippen LogP contribution >= 0.6 is 0 Å². The van der Waals surface area contributed by atoms with Crippen molar-refractivity contribution in [1.82, 2.24) is 4.31 Å². The van der Waals surface area contributed by atoms with Crippen LogP contribution in [0.2, 0.25) is 0 Å². The second kappa shape index (κ2) is 8.41. The topological polar surface area (TPSA) is 79.6 Å². The fourth-order valence-electron chi connectivity index (χ4n) is 4.32. The van der Waals surface area contributed by atoms with Crippen molar-refractivity contribution in [3.05, 3.63) is 78.4 Å². The number of amides is 1. The van der Waals surface area contributed by atoms with Gasteiger partial charge >= 0.3 is 0 Å². The largest absolute Gasteiger partial charge is 0.456 e. The summed E-state index contributed by atoms with van der Waals surface area (Å²) in [6.07, 6.45) is 1.01. The van der Waals surface area contributed by atoms with E-state index in [1.165, 1.54) is 4.31 Å². The van der Waals surface area contributed by atoms with Gasteiger partial charge in [-0.3, -0.25) is 4.79 Å². The van der Waals surface area contributed by atoms with E-state index in [2.05, 4.69) is 5.32 Å². The molecule has 1 saturated heterocycles. The number of sulfonamides is 1. The number of piperidine rings is 1. The number of carbonyl (C=O) groups is 1. The van der Waals surface area contributed by atoms with Crippen LogP contribution in [0.1, 0.15) is 18.4 Å². The highest BCUT2D eigenvalue weighted by Gasteiger charge is 2.31. The predicted molar refractivity (Wildman–Crippen MR) is 126 cm³/mol. The lowest BCUT2D eigenvalue weighted by atomic mass is 9.97. The Morgan fingerprint density at radius 2 is 1.59 bits per heavy atom. The van der Waals surface area contributed by atoms with Crippen LogP contribution in [0, 0.1) is 5.92 Å². The zero-order chi connectivity index (χ0) is 22.1. The summed E-state index contributed by atoms with van der Waals surface area (Å²) in [7, 11) is -3.39. The molecular formula is C25H24N2O4S. The monoisotopic (exact) mass is 448 g/mol. The molecule has 164 valence electrons. The molecule has 4 aromatic rings. The van der Waals surface area contributed by atoms with E-state index in [0.717, 1.165) is 27.5 Å². The Balaban J connectivity index is 1.22. The van der Waals surface area contributed by atoms with Crippen molar-refractivity contribution in [3.8, 4) is 0 Å². The molecule has 0 aliphatic carbocycles. The minimum absolute atomic E-state index is 0.0117. The molecule has 0 unspecified atom stereocenters. The molecule has 0 atom stereocenters. The highest BCUT2D eigenvalue weighted by atomic mass is 32.2. The molecule has 1 aromatic heterocycles. The van der Waals surface area contributed by atoms with Gasteiger partial charge in [-0.2, -0.15) is 0 Å². The molecule has 3 aromatic carbocycles. The van der Waals surface area contributed by atoms with E-state index in [4.69, 9.17) is 4.42 Å². The number of rotatable bonds is 5. The van der Waals surface area contributed by atoms with Crippen LogP contribution in [0.15, 0.2) is 77.2 Å². The van der Waals surface area contributed by atoms with Gasteiger partial charge in [0.2, 0.25) is 15.9 Å². The minimum Gasteiger partial charge on any atom is -0.456 e. The lowest BCUT2D eigenvalue weighted by Gasteiger charge is -2.30. The molecule has 0 radical (unpaired) electrons. The Morgan fingerprint density at radius 3 is 2.38 bits per heavy atom. The first-order valence-electron chi connectivity index (χ1n) is 10.7. The zero-order valence-electron chi connectivity index (χ0n) is 17.5. The third-order valence-corrected chi connectivity index (χ3v) is 7.91. The van der Waals surface area contributed by atoms with E-state index < -0.39 is 10.0 Å². The first-order valence-corrected chi connectivity index (χ1v) is 12.3. The molecule has 7 heteroatoms. The number of para-hydroxylation sites is 1. The van der Waals surface area contributed by atoms with Crippen LogP contribution in [-0.2, 0) is 20.6 Å². The van der Waals surface area contributed by atoms with Crippen LogP contribution in [0.3, 0.4) is 0 Å². The van der Waals surface area contributed by atoms with Crippen molar-refractivity contribution < 1.29 is 17.6 Å². The molecule has 1 fully saturated rings. The van der Waals surface area contributed by atoms with E-state index >= 15 is 0 Å². The minimum atomic E-state index is -3.39. The standard InChI is InChI=1S/C25H24N2O4S/c28-25(26-20-10-11-22-21-8-4-5-9-23(21)31-24(22)16-20)19-12-14-27(15-13-19)32(29,30)17-18-6-2-1-3-7-18/h1-11,16,19H,12-15,17H2,(H,26,28). The maximum atomic E-state index is 12.8. The predicted octanol–water partition coefficient (Wildman–Crippen LogP) is 4.77. The van der Waals surface area contributed by atoms with Crippen LogP contribution in [0.25, 0.3) is 21.9 Å². The number of nitrogens with zero attached hydrogens (tertiary/aromatic N) is 1. The Kier molecular flexibility index (Phi) is 5.45. The van der Waals surface area contributed by atoms with Crippen molar-refractivity contribution >= 4 is 43.6 Å². The van der Waals surface area contributed by atoms with E-state index in [1.807, 2.05) is 72.8 Å². The van der Waals surface area contributed by atoms with Gasteiger partial charge in [0, 0.05) is 41.5 Å². The highest BCUT2D eigenvalue weighted by molar-refractivity contribution is 7.88. The van der Waals surface area contributed by atoms with E-state index in [-0.39, 0.29) is 17.6 Å². The first kappa shape index (κ1) is 20.7. The van der Waals surface area contributed by atoms with Crippen molar-refractivity contribution in [1.29, 1.82) is 0 Å². The summed E-state index contributed by atoms with van der Waals surface area (Å²) in [5.41, 5.74) is 3.00. The molecule has 0 bridgehead atoms. The summed E-state index contributed by atoms with van der Waals surface area (Å²) in [5, 5.41) is 5.03. The Hall–Kier alpha value is -3.16. The lowest BCUT2D eigenvalue weighted by molar-refractivity contribution is -0.120. The first-order chi connectivity index (χ1) is 15.5. The smallest absolute Gasteiger partial charge is 0.227 e. The molecule has 0 spiro atoms. The molecule has 1 N–H and O–H groups in total. The maximum absolute atomic E-state index is 12.8. The summed E-state index contributed by atoms with van der Waals surface area (Å²) in [4.78, 5) is 12.8. The summed E-state index contributed by atoms with van der Waals surface area (Å²) in [6.45, 7) is 0.714. The normalized spacial score (nSPS) is 15.9. The van der Waals surface area contributed by atoms with E-state index in [0.29, 0.717) is 31.6 Å². The Bertz CT molecular complexity index is 1370. The molecule has 1 aliphatic rings. The number of anilines is 1. The summed E-state index contributed by atoms with van der Waals surface area (Å²) < 4.78 is 32.9. The maximum Gasteiger partial charge on any atom is 0.227 e. The summed E-state index contributed by atoms with van der Waals surface area (Å²) in [5.74, 6) is -0.313. The van der Waals surface area contributed by atoms with Crippen molar-refractivity contribution in [3.63, 3.8) is 0 Å². The van der Waals surface area contributed by atoms with E-state index in [9.17, 15) is 13.2 Å². The SMILES string of the molecule is O=C(Nc1ccc2c(c1)oc1ccccc12)C1CCN(S(=O)(=O)Cc2ccccc2)CC1. The average Bonchev–Trinajstić information content (AvgIpc) is 3.17. The molecule has 2 heterocycles. The average molecular weight is 449 g/mol. The van der Waals surface area contributed by atoms with Crippen LogP contribution in [0.5, 0.6) is 0 Å². The Labute approximate surface area is 186 Å². The van der Waals surface area contributed by atoms with Gasteiger partial charge in [-0.25, -0.2) is 12.7 Å². The van der Waals surface area contributed by atoms with Gasteiger partial charge < -0.3 is 9.73 Å². The van der Waals surface area contributed by atoms with Crippen LogP contribution < -0.4 is 5.32 Å². The van der Waals surface area contributed by atoms with Gasteiger partial charge in [0.05, 0.1) is 5.75 Å². The molecule has 1 amide bonds. The number of nitrogens with one attached hydrogen (secondary N) is 1. The molecule has 0 saturated carbocycles. The second-order valence-electron chi connectivity index (χ2n) is 8.21. The van der Waals surface area contributed by atoms with Crippen molar-refractivity contribution in [2.45, 2.75) is 18.6 Å². The van der Waals surface area contributed by atoms with Gasteiger partial charge in [0.15, 0.2) is 0 Å². The zero-order valence-corrected chi connectivity index (χ0v) is 18.3. The van der Waals surface area contributed by atoms with Crippen molar-refractivity contribution in [2.75, 3.05) is 18.4 Å². The number of furan rings is 1. The number of carbonyl (C=O) groups excluding carboxylic acids is 1. The third-order valence-electron chi connectivity index (χ3n) is 6.06. The lowest BCUT2D eigenvalue weighted by Crippen LogP contribution is -2.41. The van der Waals surface area contributed by atoms with Gasteiger partial charge in [0.1, 0.15) is 11.2 Å². The van der Waals surface area contributed by atoms with Gasteiger partial charge in [-0.05, 0) is 36.6 Å². The quantitative estimate of drug-likeness (QED) is 0.477. The van der Waals surface area contributed by atoms with Gasteiger partial charge in [-0.1, -0.05) is 48.5 Å². The summed E-state index contributed by atoms with van der Waals surface area (Å²) >= 11 is 0. The fraction of sp³-hybridized carbons (Fsp3) is 0.240. The number of hydrogen-bond donors (Lipinski definition) is 1. The van der Waals surface area contributed by atoms with Gasteiger partial charge in [-0.15, -0.1) is 0 Å². The molecule has 6 nitrogen and oxygen atoms in total. The molecular weight excluding hydrogens is 424 g/mol. The molecule has 32 heavy (non-hydrogen) atoms. The number of hydrogen-bond acceptors (Lipinski definition) is 4. The highest BCUT2D eigenvalue weighted by Crippen LogP contribution is 2.31. The number of benzene rings is 3. The molecule has 1 aliphatic heterocycles. The third kappa shape index (κ3) is 4.13. The van der Waals surface area contributed by atoms with Gasteiger partial charge in [0.25, 0.3) is 0 Å². The molecule has 5 rings (SSSR count). The second-order valence-corrected chi connectivity index (χ2v) is 10.2. The van der Waals surface area contributed by atoms with E-state index in [1.54, 1.807) is 0 Å². The van der Waals surface area contributed by atoms with Crippen LogP contribution in [0.4, 0.5) is 5.69 Å². The number of fused-ring (bicyclic) bond motifs is 3. The Morgan fingerprint density at radius 1 is 0.906 bits per heavy atom. The summed E-state index contributed by atoms with van der Waals surface area (Å²) in [6, 6.07) is 22.7. The fourth-order valence-corrected chi connectivity index (χ4v) is 5.88.